The summed E-state index contributed by atoms with van der Waals surface area (Å²) in [5.74, 6) is 2.22. The van der Waals surface area contributed by atoms with Gasteiger partial charge in [-0.05, 0) is 24.1 Å². The van der Waals surface area contributed by atoms with Gasteiger partial charge in [0.15, 0.2) is 17.5 Å². The lowest BCUT2D eigenvalue weighted by atomic mass is 10.2. The van der Waals surface area contributed by atoms with Crippen molar-refractivity contribution in [1.82, 2.24) is 14.9 Å². The number of sulfonamides is 1. The summed E-state index contributed by atoms with van der Waals surface area (Å²) in [7, 11) is 1.82. The number of guanidine groups is 1. The first-order chi connectivity index (χ1) is 12.0. The van der Waals surface area contributed by atoms with Crippen molar-refractivity contribution < 1.29 is 17.9 Å². The van der Waals surface area contributed by atoms with Crippen molar-refractivity contribution in [3.8, 4) is 11.5 Å². The fourth-order valence-electron chi connectivity index (χ4n) is 2.64. The van der Waals surface area contributed by atoms with Gasteiger partial charge in [0.25, 0.3) is 0 Å². The Morgan fingerprint density at radius 2 is 2.00 bits per heavy atom. The molecule has 1 saturated heterocycles. The standard InChI is InChI=1S/C16H26N4O4S/c1-17-16(18-7-9-20-8-4-10-25(20,21)22)19-12-13-5-6-14(23-2)15(11-13)24-3/h5-6,11H,4,7-10,12H2,1-3H3,(H2,17,18,19). The Kier molecular flexibility index (Phi) is 6.89. The molecule has 1 aliphatic heterocycles. The fourth-order valence-corrected chi connectivity index (χ4v) is 4.17. The number of hydrogen-bond acceptors (Lipinski definition) is 5. The molecule has 1 heterocycles. The summed E-state index contributed by atoms with van der Waals surface area (Å²) in [5.41, 5.74) is 1.02. The van der Waals surface area contributed by atoms with Gasteiger partial charge in [0, 0.05) is 33.2 Å². The number of aliphatic imine (C=N–C) groups is 1. The van der Waals surface area contributed by atoms with E-state index in [4.69, 9.17) is 9.47 Å². The van der Waals surface area contributed by atoms with Crippen molar-refractivity contribution in [1.29, 1.82) is 0 Å². The first kappa shape index (κ1) is 19.3. The number of nitrogens with one attached hydrogen (secondary N) is 2. The second kappa shape index (κ2) is 8.91. The SMILES string of the molecule is CN=C(NCCN1CCCS1(=O)=O)NCc1ccc(OC)c(OC)c1. The summed E-state index contributed by atoms with van der Waals surface area (Å²) in [6.07, 6.45) is 0.703. The quantitative estimate of drug-likeness (QED) is 0.533. The molecule has 8 nitrogen and oxygen atoms in total. The number of rotatable bonds is 7. The van der Waals surface area contributed by atoms with Crippen LogP contribution >= 0.6 is 0 Å². The molecule has 140 valence electrons. The van der Waals surface area contributed by atoms with Crippen molar-refractivity contribution in [3.63, 3.8) is 0 Å². The third-order valence-corrected chi connectivity index (χ3v) is 5.94. The molecule has 1 fully saturated rings. The monoisotopic (exact) mass is 370 g/mol. The van der Waals surface area contributed by atoms with Crippen LogP contribution in [0.15, 0.2) is 23.2 Å². The molecule has 0 atom stereocenters. The Hall–Kier alpha value is -2.00. The van der Waals surface area contributed by atoms with Gasteiger partial charge in [0.1, 0.15) is 0 Å². The first-order valence-corrected chi connectivity index (χ1v) is 9.74. The van der Waals surface area contributed by atoms with Crippen molar-refractivity contribution in [2.45, 2.75) is 13.0 Å². The van der Waals surface area contributed by atoms with Crippen LogP contribution in [0.4, 0.5) is 0 Å². The molecule has 1 aromatic rings. The van der Waals surface area contributed by atoms with E-state index in [1.54, 1.807) is 21.3 Å². The molecule has 0 aromatic heterocycles. The highest BCUT2D eigenvalue weighted by molar-refractivity contribution is 7.89. The van der Waals surface area contributed by atoms with Gasteiger partial charge in [-0.1, -0.05) is 6.07 Å². The van der Waals surface area contributed by atoms with Crippen LogP contribution in [0.2, 0.25) is 0 Å². The van der Waals surface area contributed by atoms with E-state index in [1.165, 1.54) is 4.31 Å². The molecule has 0 spiro atoms. The highest BCUT2D eigenvalue weighted by Crippen LogP contribution is 2.27. The zero-order valence-electron chi connectivity index (χ0n) is 14.9. The maximum Gasteiger partial charge on any atom is 0.214 e. The van der Waals surface area contributed by atoms with Crippen LogP contribution in [-0.2, 0) is 16.6 Å². The van der Waals surface area contributed by atoms with Gasteiger partial charge in [0.2, 0.25) is 10.0 Å². The molecule has 0 saturated carbocycles. The molecule has 1 aliphatic rings. The van der Waals surface area contributed by atoms with Gasteiger partial charge in [-0.25, -0.2) is 12.7 Å². The lowest BCUT2D eigenvalue weighted by molar-refractivity contribution is 0.354. The van der Waals surface area contributed by atoms with Crippen LogP contribution < -0.4 is 20.1 Å². The molecule has 2 N–H and O–H groups in total. The molecule has 25 heavy (non-hydrogen) atoms. The number of methoxy groups -OCH3 is 2. The third kappa shape index (κ3) is 5.23. The zero-order valence-corrected chi connectivity index (χ0v) is 15.7. The Morgan fingerprint density at radius 3 is 2.60 bits per heavy atom. The summed E-state index contributed by atoms with van der Waals surface area (Å²) < 4.78 is 35.5. The average Bonchev–Trinajstić information content (AvgIpc) is 2.95. The maximum atomic E-state index is 11.8. The van der Waals surface area contributed by atoms with E-state index < -0.39 is 10.0 Å². The molecular formula is C16H26N4O4S. The maximum absolute atomic E-state index is 11.8. The van der Waals surface area contributed by atoms with Gasteiger partial charge in [-0.3, -0.25) is 4.99 Å². The molecule has 0 radical (unpaired) electrons. The average molecular weight is 370 g/mol. The molecule has 9 heteroatoms. The van der Waals surface area contributed by atoms with Crippen molar-refractivity contribution in [2.24, 2.45) is 4.99 Å². The molecule has 0 unspecified atom stereocenters. The summed E-state index contributed by atoms with van der Waals surface area (Å²) in [6, 6.07) is 5.69. The minimum absolute atomic E-state index is 0.249. The predicted molar refractivity (Wildman–Crippen MR) is 97.7 cm³/mol. The van der Waals surface area contributed by atoms with Crippen LogP contribution in [-0.4, -0.2) is 65.3 Å². The summed E-state index contributed by atoms with van der Waals surface area (Å²) in [4.78, 5) is 4.15. The summed E-state index contributed by atoms with van der Waals surface area (Å²) in [6.45, 7) is 2.11. The molecule has 0 amide bonds. The van der Waals surface area contributed by atoms with Crippen molar-refractivity contribution in [2.75, 3.05) is 46.7 Å². The molecule has 1 aromatic carbocycles. The van der Waals surface area contributed by atoms with Gasteiger partial charge in [-0.2, -0.15) is 0 Å². The number of hydrogen-bond donors (Lipinski definition) is 2. The van der Waals surface area contributed by atoms with E-state index in [0.29, 0.717) is 50.1 Å². The summed E-state index contributed by atoms with van der Waals surface area (Å²) in [5, 5.41) is 6.33. The first-order valence-electron chi connectivity index (χ1n) is 8.13. The van der Waals surface area contributed by atoms with E-state index in [1.807, 2.05) is 18.2 Å². The van der Waals surface area contributed by atoms with Gasteiger partial charge < -0.3 is 20.1 Å². The van der Waals surface area contributed by atoms with Crippen LogP contribution in [0.1, 0.15) is 12.0 Å². The van der Waals surface area contributed by atoms with Gasteiger partial charge >= 0.3 is 0 Å². The van der Waals surface area contributed by atoms with Crippen LogP contribution in [0.3, 0.4) is 0 Å². The lowest BCUT2D eigenvalue weighted by Gasteiger charge is -2.17. The summed E-state index contributed by atoms with van der Waals surface area (Å²) >= 11 is 0. The lowest BCUT2D eigenvalue weighted by Crippen LogP contribution is -2.41. The fraction of sp³-hybridized carbons (Fsp3) is 0.562. The number of benzene rings is 1. The second-order valence-corrected chi connectivity index (χ2v) is 7.70. The van der Waals surface area contributed by atoms with Crippen molar-refractivity contribution >= 4 is 16.0 Å². The minimum atomic E-state index is -3.05. The molecule has 0 bridgehead atoms. The van der Waals surface area contributed by atoms with E-state index in [-0.39, 0.29) is 5.75 Å². The van der Waals surface area contributed by atoms with Gasteiger partial charge in [0.05, 0.1) is 20.0 Å². The minimum Gasteiger partial charge on any atom is -0.493 e. The Bertz CT molecular complexity index is 706. The Morgan fingerprint density at radius 1 is 1.24 bits per heavy atom. The molecule has 2 rings (SSSR count). The largest absolute Gasteiger partial charge is 0.493 e. The van der Waals surface area contributed by atoms with Crippen LogP contribution in [0.25, 0.3) is 0 Å². The van der Waals surface area contributed by atoms with Crippen LogP contribution in [0, 0.1) is 0 Å². The zero-order chi connectivity index (χ0) is 18.3. The Labute approximate surface area is 149 Å². The predicted octanol–water partition coefficient (Wildman–Crippen LogP) is 0.404. The van der Waals surface area contributed by atoms with Gasteiger partial charge in [-0.15, -0.1) is 0 Å². The van der Waals surface area contributed by atoms with E-state index in [9.17, 15) is 8.42 Å². The number of nitrogens with zero attached hydrogens (tertiary/aromatic N) is 2. The van der Waals surface area contributed by atoms with Crippen LogP contribution in [0.5, 0.6) is 11.5 Å². The van der Waals surface area contributed by atoms with E-state index in [0.717, 1.165) is 5.56 Å². The van der Waals surface area contributed by atoms with E-state index in [2.05, 4.69) is 15.6 Å². The topological polar surface area (TPSA) is 92.3 Å². The van der Waals surface area contributed by atoms with Crippen molar-refractivity contribution in [3.05, 3.63) is 23.8 Å². The molecular weight excluding hydrogens is 344 g/mol. The Balaban J connectivity index is 1.82. The highest BCUT2D eigenvalue weighted by Gasteiger charge is 2.27. The normalized spacial score (nSPS) is 17.3. The second-order valence-electron chi connectivity index (χ2n) is 5.61. The highest BCUT2D eigenvalue weighted by atomic mass is 32.2. The third-order valence-electron chi connectivity index (χ3n) is 3.99. The smallest absolute Gasteiger partial charge is 0.214 e. The molecule has 0 aliphatic carbocycles. The van der Waals surface area contributed by atoms with E-state index >= 15 is 0 Å². The number of ether oxygens (including phenoxy) is 2.